The standard InChI is InChI=1S/C28H39N3O2S/c1-17-14-18(2)29-27(32)23(17)16-31-11-5-6-24-25(28(31)33)20(4)26(34-24)19(3)22-9-12-30(13-10-22)15-21-7-8-21/h14,19,21-22H,5-13,15-16H2,1-4H3,(H,29,32). The first kappa shape index (κ1) is 23.8. The third-order valence-electron chi connectivity index (χ3n) is 8.40. The van der Waals surface area contributed by atoms with Gasteiger partial charge >= 0.3 is 0 Å². The molecule has 5 nitrogen and oxygen atoms in total. The van der Waals surface area contributed by atoms with Crippen LogP contribution < -0.4 is 5.56 Å². The van der Waals surface area contributed by atoms with E-state index in [-0.39, 0.29) is 11.5 Å². The van der Waals surface area contributed by atoms with Gasteiger partial charge in [-0.15, -0.1) is 11.3 Å². The largest absolute Gasteiger partial charge is 0.334 e. The minimum Gasteiger partial charge on any atom is -0.334 e. The summed E-state index contributed by atoms with van der Waals surface area (Å²) in [5, 5.41) is 0. The first-order valence-corrected chi connectivity index (χ1v) is 14.0. The molecule has 1 amide bonds. The second-order valence-corrected chi connectivity index (χ2v) is 12.2. The SMILES string of the molecule is Cc1cc(C)c(CN2CCCc3sc(C(C)C4CCN(CC5CC5)CC4)c(C)c3C2=O)c(=O)[nH]1. The van der Waals surface area contributed by atoms with E-state index in [1.165, 1.54) is 60.6 Å². The molecule has 2 aliphatic heterocycles. The van der Waals surface area contributed by atoms with Crippen molar-refractivity contribution in [3.05, 3.63) is 54.1 Å². The lowest BCUT2D eigenvalue weighted by molar-refractivity contribution is 0.0747. The monoisotopic (exact) mass is 481 g/mol. The van der Waals surface area contributed by atoms with Crippen LogP contribution in [0.1, 0.15) is 87.4 Å². The molecule has 3 aliphatic rings. The predicted molar refractivity (Wildman–Crippen MR) is 139 cm³/mol. The minimum atomic E-state index is -0.0702. The van der Waals surface area contributed by atoms with Crippen molar-refractivity contribution >= 4 is 17.2 Å². The number of piperidine rings is 1. The van der Waals surface area contributed by atoms with Crippen molar-refractivity contribution in [3.63, 3.8) is 0 Å². The van der Waals surface area contributed by atoms with Gasteiger partial charge in [0.25, 0.3) is 11.5 Å². The molecule has 0 bridgehead atoms. The zero-order valence-electron chi connectivity index (χ0n) is 21.2. The highest BCUT2D eigenvalue weighted by Crippen LogP contribution is 2.42. The zero-order valence-corrected chi connectivity index (χ0v) is 22.0. The second kappa shape index (κ2) is 9.62. The first-order chi connectivity index (χ1) is 16.3. The number of H-pyrrole nitrogens is 1. The van der Waals surface area contributed by atoms with Gasteiger partial charge in [-0.3, -0.25) is 9.59 Å². The highest BCUT2D eigenvalue weighted by molar-refractivity contribution is 7.12. The Balaban J connectivity index is 1.33. The van der Waals surface area contributed by atoms with E-state index in [9.17, 15) is 9.59 Å². The van der Waals surface area contributed by atoms with Crippen LogP contribution in [-0.4, -0.2) is 46.9 Å². The molecule has 0 aromatic carbocycles. The summed E-state index contributed by atoms with van der Waals surface area (Å²) >= 11 is 1.89. The molecule has 2 aromatic heterocycles. The van der Waals surface area contributed by atoms with Crippen molar-refractivity contribution in [1.29, 1.82) is 0 Å². The number of nitrogens with one attached hydrogen (secondary N) is 1. The van der Waals surface area contributed by atoms with E-state index in [1.54, 1.807) is 0 Å². The summed E-state index contributed by atoms with van der Waals surface area (Å²) < 4.78 is 0. The number of hydrogen-bond donors (Lipinski definition) is 1. The summed E-state index contributed by atoms with van der Waals surface area (Å²) in [7, 11) is 0. The molecule has 1 saturated carbocycles. The van der Waals surface area contributed by atoms with E-state index >= 15 is 0 Å². The minimum absolute atomic E-state index is 0.0702. The number of nitrogens with zero attached hydrogens (tertiary/aromatic N) is 2. The topological polar surface area (TPSA) is 56.4 Å². The number of aromatic nitrogens is 1. The Morgan fingerprint density at radius 3 is 2.50 bits per heavy atom. The van der Waals surface area contributed by atoms with Gasteiger partial charge in [0.1, 0.15) is 0 Å². The summed E-state index contributed by atoms with van der Waals surface area (Å²) in [6, 6.07) is 2.00. The van der Waals surface area contributed by atoms with Gasteiger partial charge in [0.15, 0.2) is 0 Å². The van der Waals surface area contributed by atoms with E-state index < -0.39 is 0 Å². The van der Waals surface area contributed by atoms with Gasteiger partial charge in [-0.1, -0.05) is 6.92 Å². The average molecular weight is 482 g/mol. The molecule has 2 fully saturated rings. The Morgan fingerprint density at radius 1 is 1.09 bits per heavy atom. The highest BCUT2D eigenvalue weighted by Gasteiger charge is 2.34. The molecule has 6 heteroatoms. The van der Waals surface area contributed by atoms with E-state index in [1.807, 2.05) is 36.2 Å². The van der Waals surface area contributed by atoms with Crippen LogP contribution in [0.15, 0.2) is 10.9 Å². The van der Waals surface area contributed by atoms with Gasteiger partial charge in [-0.05, 0) is 107 Å². The lowest BCUT2D eigenvalue weighted by Gasteiger charge is -2.35. The third-order valence-corrected chi connectivity index (χ3v) is 9.95. The number of thiophene rings is 1. The Kier molecular flexibility index (Phi) is 6.73. The lowest BCUT2D eigenvalue weighted by atomic mass is 9.83. The summed E-state index contributed by atoms with van der Waals surface area (Å²) in [5.41, 5.74) is 4.58. The fourth-order valence-corrected chi connectivity index (χ4v) is 7.60. The van der Waals surface area contributed by atoms with Gasteiger partial charge < -0.3 is 14.8 Å². The van der Waals surface area contributed by atoms with Crippen LogP contribution in [-0.2, 0) is 13.0 Å². The van der Waals surface area contributed by atoms with Crippen LogP contribution in [0.3, 0.4) is 0 Å². The molecule has 1 atom stereocenters. The molecule has 34 heavy (non-hydrogen) atoms. The van der Waals surface area contributed by atoms with Gasteiger partial charge in [0, 0.05) is 34.1 Å². The van der Waals surface area contributed by atoms with E-state index in [2.05, 4.69) is 23.7 Å². The number of likely N-dealkylation sites (tertiary alicyclic amines) is 1. The van der Waals surface area contributed by atoms with Crippen molar-refractivity contribution in [3.8, 4) is 0 Å². The zero-order chi connectivity index (χ0) is 24.0. The molecule has 1 N–H and O–H groups in total. The van der Waals surface area contributed by atoms with Crippen molar-refractivity contribution in [1.82, 2.24) is 14.8 Å². The maximum atomic E-state index is 13.7. The molecule has 184 valence electrons. The fraction of sp³-hybridized carbons (Fsp3) is 0.643. The van der Waals surface area contributed by atoms with Gasteiger partial charge in [0.05, 0.1) is 12.1 Å². The number of pyridine rings is 1. The van der Waals surface area contributed by atoms with E-state index in [0.29, 0.717) is 30.5 Å². The van der Waals surface area contributed by atoms with Gasteiger partial charge in [-0.25, -0.2) is 0 Å². The predicted octanol–water partition coefficient (Wildman–Crippen LogP) is 5.18. The second-order valence-electron chi connectivity index (χ2n) is 11.0. The van der Waals surface area contributed by atoms with Crippen molar-refractivity contribution < 1.29 is 4.79 Å². The maximum Gasteiger partial charge on any atom is 0.255 e. The smallest absolute Gasteiger partial charge is 0.255 e. The maximum absolute atomic E-state index is 13.7. The average Bonchev–Trinajstić information content (AvgIpc) is 3.57. The van der Waals surface area contributed by atoms with Crippen LogP contribution in [0.5, 0.6) is 0 Å². The van der Waals surface area contributed by atoms with Crippen molar-refractivity contribution in [2.75, 3.05) is 26.2 Å². The number of aryl methyl sites for hydroxylation is 3. The molecule has 0 spiro atoms. The van der Waals surface area contributed by atoms with Gasteiger partial charge in [0.2, 0.25) is 0 Å². The molecule has 5 rings (SSSR count). The number of amides is 1. The number of carbonyl (C=O) groups is 1. The Labute approximate surface area is 207 Å². The first-order valence-electron chi connectivity index (χ1n) is 13.1. The van der Waals surface area contributed by atoms with E-state index in [4.69, 9.17) is 0 Å². The fourth-order valence-electron chi connectivity index (χ4n) is 6.11. The van der Waals surface area contributed by atoms with Crippen LogP contribution in [0.4, 0.5) is 0 Å². The lowest BCUT2D eigenvalue weighted by Crippen LogP contribution is -2.36. The summed E-state index contributed by atoms with van der Waals surface area (Å²) in [6.07, 6.45) is 7.31. The molecule has 1 unspecified atom stereocenters. The van der Waals surface area contributed by atoms with Crippen LogP contribution in [0, 0.1) is 32.6 Å². The quantitative estimate of drug-likeness (QED) is 0.619. The van der Waals surface area contributed by atoms with Crippen LogP contribution >= 0.6 is 11.3 Å². The number of carbonyl (C=O) groups excluding carboxylic acids is 1. The summed E-state index contributed by atoms with van der Waals surface area (Å²) in [6.45, 7) is 13.3. The van der Waals surface area contributed by atoms with Crippen molar-refractivity contribution in [2.45, 2.75) is 78.7 Å². The Hall–Kier alpha value is -1.92. The number of rotatable bonds is 6. The van der Waals surface area contributed by atoms with E-state index in [0.717, 1.165) is 35.6 Å². The molecule has 1 saturated heterocycles. The Morgan fingerprint density at radius 2 is 1.82 bits per heavy atom. The molecular formula is C28H39N3O2S. The van der Waals surface area contributed by atoms with Crippen LogP contribution in [0.2, 0.25) is 0 Å². The van der Waals surface area contributed by atoms with Crippen molar-refractivity contribution in [2.24, 2.45) is 11.8 Å². The molecule has 0 radical (unpaired) electrons. The van der Waals surface area contributed by atoms with Crippen LogP contribution in [0.25, 0.3) is 0 Å². The number of fused-ring (bicyclic) bond motifs is 1. The Bertz CT molecular complexity index is 1120. The molecular weight excluding hydrogens is 442 g/mol. The molecule has 1 aliphatic carbocycles. The highest BCUT2D eigenvalue weighted by atomic mass is 32.1. The van der Waals surface area contributed by atoms with Gasteiger partial charge in [-0.2, -0.15) is 0 Å². The third kappa shape index (κ3) is 4.76. The summed E-state index contributed by atoms with van der Waals surface area (Å²) in [4.78, 5) is 36.5. The molecule has 2 aromatic rings. The number of aromatic amines is 1. The summed E-state index contributed by atoms with van der Waals surface area (Å²) in [5.74, 6) is 2.29. The normalized spacial score (nSPS) is 20.9. The number of hydrogen-bond acceptors (Lipinski definition) is 4. The molecule has 4 heterocycles.